The summed E-state index contributed by atoms with van der Waals surface area (Å²) in [5, 5.41) is 9.26. The zero-order chi connectivity index (χ0) is 17.0. The van der Waals surface area contributed by atoms with Crippen LogP contribution in [0.15, 0.2) is 59.5 Å². The van der Waals surface area contributed by atoms with Gasteiger partial charge in [0.25, 0.3) is 10.0 Å². The second-order valence-electron chi connectivity index (χ2n) is 5.61. The fourth-order valence-corrected chi connectivity index (χ4v) is 4.45. The largest absolute Gasteiger partial charge is 0.376 e. The Morgan fingerprint density at radius 3 is 2.50 bits per heavy atom. The van der Waals surface area contributed by atoms with E-state index in [1.807, 2.05) is 12.1 Å². The molecule has 0 aliphatic carbocycles. The fourth-order valence-electron chi connectivity index (χ4n) is 2.81. The number of nitriles is 1. The average molecular weight is 342 g/mol. The van der Waals surface area contributed by atoms with Crippen LogP contribution in [-0.2, 0) is 14.8 Å². The molecule has 5 nitrogen and oxygen atoms in total. The highest BCUT2D eigenvalue weighted by Gasteiger charge is 2.30. The van der Waals surface area contributed by atoms with E-state index in [2.05, 4.69) is 0 Å². The normalized spacial score (nSPS) is 17.4. The zero-order valence-corrected chi connectivity index (χ0v) is 13.9. The molecule has 0 saturated carbocycles. The van der Waals surface area contributed by atoms with Gasteiger partial charge in [0.2, 0.25) is 0 Å². The Morgan fingerprint density at radius 2 is 1.83 bits per heavy atom. The molecule has 0 amide bonds. The van der Waals surface area contributed by atoms with Gasteiger partial charge in [0, 0.05) is 6.61 Å². The summed E-state index contributed by atoms with van der Waals surface area (Å²) in [4.78, 5) is 0.0225. The summed E-state index contributed by atoms with van der Waals surface area (Å²) in [6.07, 6.45) is 1.63. The predicted octanol–water partition coefficient (Wildman–Crippen LogP) is 2.93. The van der Waals surface area contributed by atoms with E-state index < -0.39 is 10.0 Å². The summed E-state index contributed by atoms with van der Waals surface area (Å²) in [6, 6.07) is 17.2. The summed E-state index contributed by atoms with van der Waals surface area (Å²) >= 11 is 0. The molecule has 0 N–H and O–H groups in total. The highest BCUT2D eigenvalue weighted by atomic mass is 32.2. The van der Waals surface area contributed by atoms with Crippen LogP contribution in [0.3, 0.4) is 0 Å². The zero-order valence-electron chi connectivity index (χ0n) is 13.1. The van der Waals surface area contributed by atoms with Crippen molar-refractivity contribution in [1.82, 2.24) is 0 Å². The van der Waals surface area contributed by atoms with E-state index in [1.54, 1.807) is 36.4 Å². The van der Waals surface area contributed by atoms with Gasteiger partial charge in [-0.1, -0.05) is 30.3 Å². The molecule has 3 rings (SSSR count). The number of anilines is 1. The first-order valence-corrected chi connectivity index (χ1v) is 9.25. The van der Waals surface area contributed by atoms with Crippen LogP contribution in [0.1, 0.15) is 18.4 Å². The van der Waals surface area contributed by atoms with E-state index in [9.17, 15) is 13.7 Å². The Labute approximate surface area is 142 Å². The molecule has 0 spiro atoms. The number of nitrogens with zero attached hydrogens (tertiary/aromatic N) is 2. The molecule has 0 bridgehead atoms. The summed E-state index contributed by atoms with van der Waals surface area (Å²) in [5.41, 5.74) is 0.714. The van der Waals surface area contributed by atoms with Gasteiger partial charge in [0.05, 0.1) is 23.9 Å². The molecule has 1 heterocycles. The molecule has 1 aliphatic heterocycles. The lowest BCUT2D eigenvalue weighted by Crippen LogP contribution is -2.37. The van der Waals surface area contributed by atoms with Crippen molar-refractivity contribution in [1.29, 1.82) is 5.26 Å². The number of sulfonamides is 1. The van der Waals surface area contributed by atoms with E-state index in [-0.39, 0.29) is 23.1 Å². The SMILES string of the molecule is N#Cc1ccccc1S(=O)(=O)N(CC1CCCO1)c1ccccc1. The molecule has 1 atom stereocenters. The molecule has 1 fully saturated rings. The molecule has 0 radical (unpaired) electrons. The maximum Gasteiger partial charge on any atom is 0.265 e. The first-order valence-electron chi connectivity index (χ1n) is 7.81. The Morgan fingerprint density at radius 1 is 1.12 bits per heavy atom. The number of hydrogen-bond acceptors (Lipinski definition) is 4. The van der Waals surface area contributed by atoms with Crippen molar-refractivity contribution in [2.24, 2.45) is 0 Å². The lowest BCUT2D eigenvalue weighted by Gasteiger charge is -2.27. The van der Waals surface area contributed by atoms with Crippen molar-refractivity contribution in [3.63, 3.8) is 0 Å². The van der Waals surface area contributed by atoms with E-state index >= 15 is 0 Å². The van der Waals surface area contributed by atoms with E-state index in [0.29, 0.717) is 12.3 Å². The van der Waals surface area contributed by atoms with Crippen molar-refractivity contribution < 1.29 is 13.2 Å². The van der Waals surface area contributed by atoms with E-state index in [1.165, 1.54) is 16.4 Å². The minimum Gasteiger partial charge on any atom is -0.376 e. The molecular weight excluding hydrogens is 324 g/mol. The molecule has 124 valence electrons. The monoisotopic (exact) mass is 342 g/mol. The third-order valence-corrected chi connectivity index (χ3v) is 5.87. The molecule has 1 aliphatic rings. The molecule has 6 heteroatoms. The third kappa shape index (κ3) is 3.28. The minimum absolute atomic E-state index is 0.0225. The van der Waals surface area contributed by atoms with Gasteiger partial charge in [-0.05, 0) is 37.1 Å². The van der Waals surface area contributed by atoms with Gasteiger partial charge >= 0.3 is 0 Å². The Hall–Kier alpha value is -2.36. The predicted molar refractivity (Wildman–Crippen MR) is 91.1 cm³/mol. The van der Waals surface area contributed by atoms with Gasteiger partial charge < -0.3 is 4.74 Å². The van der Waals surface area contributed by atoms with Crippen LogP contribution in [0.25, 0.3) is 0 Å². The number of ether oxygens (including phenoxy) is 1. The molecule has 2 aromatic carbocycles. The Bertz CT molecular complexity index is 838. The fraction of sp³-hybridized carbons (Fsp3) is 0.278. The van der Waals surface area contributed by atoms with Crippen LogP contribution in [0, 0.1) is 11.3 Å². The molecule has 2 aromatic rings. The maximum atomic E-state index is 13.2. The number of benzene rings is 2. The second-order valence-corrected chi connectivity index (χ2v) is 7.45. The van der Waals surface area contributed by atoms with Gasteiger partial charge in [-0.15, -0.1) is 0 Å². The number of hydrogen-bond donors (Lipinski definition) is 0. The van der Waals surface area contributed by atoms with Gasteiger partial charge in [0.1, 0.15) is 11.0 Å². The minimum atomic E-state index is -3.85. The van der Waals surface area contributed by atoms with Crippen LogP contribution in [0.5, 0.6) is 0 Å². The van der Waals surface area contributed by atoms with Crippen molar-refractivity contribution in [2.75, 3.05) is 17.5 Å². The maximum absolute atomic E-state index is 13.2. The van der Waals surface area contributed by atoms with Gasteiger partial charge in [-0.25, -0.2) is 8.42 Å². The Balaban J connectivity index is 2.05. The van der Waals surface area contributed by atoms with Gasteiger partial charge in [-0.3, -0.25) is 4.31 Å². The van der Waals surface area contributed by atoms with Crippen LogP contribution < -0.4 is 4.31 Å². The Kier molecular flexibility index (Phi) is 4.84. The van der Waals surface area contributed by atoms with Crippen LogP contribution in [0.4, 0.5) is 5.69 Å². The van der Waals surface area contributed by atoms with Crippen molar-refractivity contribution in [3.05, 3.63) is 60.2 Å². The van der Waals surface area contributed by atoms with Crippen molar-refractivity contribution in [3.8, 4) is 6.07 Å². The summed E-state index contributed by atoms with van der Waals surface area (Å²) in [6.45, 7) is 0.897. The van der Waals surface area contributed by atoms with Gasteiger partial charge in [0.15, 0.2) is 0 Å². The lowest BCUT2D eigenvalue weighted by atomic mass is 10.2. The highest BCUT2D eigenvalue weighted by Crippen LogP contribution is 2.27. The number of rotatable bonds is 5. The topological polar surface area (TPSA) is 70.4 Å². The van der Waals surface area contributed by atoms with Gasteiger partial charge in [-0.2, -0.15) is 5.26 Å². The first kappa shape index (κ1) is 16.5. The molecule has 24 heavy (non-hydrogen) atoms. The summed E-state index contributed by atoms with van der Waals surface area (Å²) < 4.78 is 33.4. The lowest BCUT2D eigenvalue weighted by molar-refractivity contribution is 0.118. The van der Waals surface area contributed by atoms with E-state index in [4.69, 9.17) is 4.74 Å². The number of para-hydroxylation sites is 1. The highest BCUT2D eigenvalue weighted by molar-refractivity contribution is 7.92. The van der Waals surface area contributed by atoms with Crippen LogP contribution >= 0.6 is 0 Å². The van der Waals surface area contributed by atoms with Crippen molar-refractivity contribution in [2.45, 2.75) is 23.8 Å². The van der Waals surface area contributed by atoms with Crippen LogP contribution in [-0.4, -0.2) is 27.7 Å². The molecule has 1 unspecified atom stereocenters. The van der Waals surface area contributed by atoms with Crippen LogP contribution in [0.2, 0.25) is 0 Å². The quantitative estimate of drug-likeness (QED) is 0.838. The summed E-state index contributed by atoms with van der Waals surface area (Å²) in [5.74, 6) is 0. The van der Waals surface area contributed by atoms with E-state index in [0.717, 1.165) is 12.8 Å². The molecular formula is C18H18N2O3S. The second kappa shape index (κ2) is 7.04. The first-order chi connectivity index (χ1) is 11.6. The standard InChI is InChI=1S/C18H18N2O3S/c19-13-15-7-4-5-11-18(15)24(21,22)20(14-17-10-6-12-23-17)16-8-2-1-3-9-16/h1-5,7-9,11,17H,6,10,12,14H2. The molecule has 0 aromatic heterocycles. The van der Waals surface area contributed by atoms with Crippen molar-refractivity contribution >= 4 is 15.7 Å². The summed E-state index contributed by atoms with van der Waals surface area (Å²) in [7, 11) is -3.85. The molecule has 1 saturated heterocycles. The average Bonchev–Trinajstić information content (AvgIpc) is 3.13. The smallest absolute Gasteiger partial charge is 0.265 e. The third-order valence-electron chi connectivity index (χ3n) is 4.01.